The molecule has 24 heavy (non-hydrogen) atoms. The number of carbonyl (C=O) groups is 3. The topological polar surface area (TPSA) is 105 Å². The van der Waals surface area contributed by atoms with E-state index in [1.165, 1.54) is 25.3 Å². The number of amides is 2. The van der Waals surface area contributed by atoms with Gasteiger partial charge in [-0.05, 0) is 18.2 Å². The van der Waals surface area contributed by atoms with E-state index in [2.05, 4.69) is 5.32 Å². The molecular formula is C14H15F3N2O5. The molecule has 0 spiro atoms. The minimum atomic E-state index is -4.75. The van der Waals surface area contributed by atoms with Gasteiger partial charge in [-0.3, -0.25) is 9.59 Å². The van der Waals surface area contributed by atoms with Crippen molar-refractivity contribution in [3.63, 3.8) is 0 Å². The lowest BCUT2D eigenvalue weighted by molar-refractivity contribution is -0.159. The molecule has 132 valence electrons. The second-order valence-corrected chi connectivity index (χ2v) is 4.69. The Labute approximate surface area is 134 Å². The van der Waals surface area contributed by atoms with Gasteiger partial charge in [-0.2, -0.15) is 13.2 Å². The van der Waals surface area contributed by atoms with E-state index in [1.54, 1.807) is 11.4 Å². The molecule has 1 aromatic rings. The summed E-state index contributed by atoms with van der Waals surface area (Å²) in [5, 5.41) is 12.6. The van der Waals surface area contributed by atoms with Crippen molar-refractivity contribution in [2.24, 2.45) is 0 Å². The van der Waals surface area contributed by atoms with E-state index in [0.717, 1.165) is 0 Å². The maximum Gasteiger partial charge on any atom is 0.391 e. The molecule has 7 nitrogen and oxygen atoms in total. The lowest BCUT2D eigenvalue weighted by Gasteiger charge is -2.16. The normalized spacial score (nSPS) is 12.2. The summed E-state index contributed by atoms with van der Waals surface area (Å²) in [4.78, 5) is 34.1. The van der Waals surface area contributed by atoms with Crippen LogP contribution in [-0.2, 0) is 9.59 Å². The molecule has 0 aliphatic heterocycles. The van der Waals surface area contributed by atoms with Gasteiger partial charge in [-0.15, -0.1) is 0 Å². The van der Waals surface area contributed by atoms with Crippen LogP contribution in [0.1, 0.15) is 16.8 Å². The summed E-state index contributed by atoms with van der Waals surface area (Å²) in [6.45, 7) is -0.669. The number of carbonyl (C=O) groups excluding carboxylic acids is 2. The van der Waals surface area contributed by atoms with Crippen LogP contribution in [0.15, 0.2) is 24.3 Å². The number of carboxylic acids is 1. The maximum atomic E-state index is 12.2. The maximum absolute atomic E-state index is 12.2. The third-order valence-corrected chi connectivity index (χ3v) is 2.81. The number of alkyl halides is 3. The minimum Gasteiger partial charge on any atom is -0.497 e. The number of halogens is 3. The van der Waals surface area contributed by atoms with Crippen LogP contribution in [0.5, 0.6) is 5.75 Å². The van der Waals surface area contributed by atoms with Crippen molar-refractivity contribution in [1.82, 2.24) is 10.6 Å². The first-order valence-electron chi connectivity index (χ1n) is 6.63. The first kappa shape index (κ1) is 19.3. The molecule has 0 saturated carbocycles. The summed E-state index contributed by atoms with van der Waals surface area (Å²) in [6.07, 6.45) is -6.46. The van der Waals surface area contributed by atoms with E-state index in [0.29, 0.717) is 5.75 Å². The lowest BCUT2D eigenvalue weighted by Crippen LogP contribution is -2.47. The minimum absolute atomic E-state index is 0.173. The molecule has 0 aliphatic rings. The van der Waals surface area contributed by atoms with E-state index in [4.69, 9.17) is 9.84 Å². The molecule has 3 N–H and O–H groups in total. The van der Waals surface area contributed by atoms with Crippen molar-refractivity contribution in [3.8, 4) is 5.75 Å². The summed E-state index contributed by atoms with van der Waals surface area (Å²) >= 11 is 0. The number of carboxylic acid groups (broad SMARTS) is 1. The zero-order valence-corrected chi connectivity index (χ0v) is 12.5. The van der Waals surface area contributed by atoms with Crippen molar-refractivity contribution in [2.75, 3.05) is 13.7 Å². The smallest absolute Gasteiger partial charge is 0.391 e. The molecule has 0 fully saturated rings. The molecule has 0 heterocycles. The Morgan fingerprint density at radius 3 is 2.50 bits per heavy atom. The van der Waals surface area contributed by atoms with E-state index in [9.17, 15) is 27.6 Å². The zero-order chi connectivity index (χ0) is 18.3. The Morgan fingerprint density at radius 1 is 1.29 bits per heavy atom. The van der Waals surface area contributed by atoms with Crippen LogP contribution in [0, 0.1) is 0 Å². The highest BCUT2D eigenvalue weighted by Gasteiger charge is 2.36. The Hall–Kier alpha value is -2.78. The Balaban J connectivity index is 2.58. The summed E-state index contributed by atoms with van der Waals surface area (Å²) in [6, 6.07) is 3.86. The molecule has 10 heteroatoms. The summed E-state index contributed by atoms with van der Waals surface area (Å²) < 4.78 is 41.6. The molecule has 1 aromatic carbocycles. The highest BCUT2D eigenvalue weighted by atomic mass is 19.4. The van der Waals surface area contributed by atoms with Gasteiger partial charge in [0, 0.05) is 5.56 Å². The molecule has 0 radical (unpaired) electrons. The first-order valence-corrected chi connectivity index (χ1v) is 6.63. The average molecular weight is 348 g/mol. The quantitative estimate of drug-likeness (QED) is 0.680. The van der Waals surface area contributed by atoms with Crippen LogP contribution in [-0.4, -0.2) is 48.8 Å². The Morgan fingerprint density at radius 2 is 1.96 bits per heavy atom. The lowest BCUT2D eigenvalue weighted by atomic mass is 10.2. The number of ether oxygens (including phenoxy) is 1. The van der Waals surface area contributed by atoms with Gasteiger partial charge in [0.25, 0.3) is 5.91 Å². The molecule has 1 unspecified atom stereocenters. The van der Waals surface area contributed by atoms with Crippen LogP contribution in [0.3, 0.4) is 0 Å². The van der Waals surface area contributed by atoms with E-state index in [1.807, 2.05) is 0 Å². The number of rotatable bonds is 7. The molecule has 1 atom stereocenters. The highest BCUT2D eigenvalue weighted by Crippen LogP contribution is 2.21. The van der Waals surface area contributed by atoms with E-state index >= 15 is 0 Å². The van der Waals surface area contributed by atoms with Gasteiger partial charge in [-0.25, -0.2) is 4.79 Å². The fourth-order valence-electron chi connectivity index (χ4n) is 1.70. The van der Waals surface area contributed by atoms with E-state index < -0.39 is 43.0 Å². The number of benzene rings is 1. The van der Waals surface area contributed by atoms with Crippen LogP contribution in [0.25, 0.3) is 0 Å². The predicted octanol–water partition coefficient (Wildman–Crippen LogP) is 0.947. The third kappa shape index (κ3) is 6.55. The Kier molecular flexibility index (Phi) is 6.57. The first-order chi connectivity index (χ1) is 11.1. The standard InChI is InChI=1S/C14H15F3N2O5/c1-24-9-4-2-3-8(5-9)12(21)18-7-11(20)19-10(13(22)23)6-14(15,16)17/h2-5,10H,6-7H2,1H3,(H,18,21)(H,19,20)(H,22,23). The fourth-order valence-corrected chi connectivity index (χ4v) is 1.70. The largest absolute Gasteiger partial charge is 0.497 e. The van der Waals surface area contributed by atoms with Gasteiger partial charge in [-0.1, -0.05) is 6.07 Å². The fraction of sp³-hybridized carbons (Fsp3) is 0.357. The van der Waals surface area contributed by atoms with Crippen LogP contribution in [0.4, 0.5) is 13.2 Å². The van der Waals surface area contributed by atoms with Crippen molar-refractivity contribution in [2.45, 2.75) is 18.6 Å². The van der Waals surface area contributed by atoms with Gasteiger partial charge < -0.3 is 20.5 Å². The van der Waals surface area contributed by atoms with Crippen molar-refractivity contribution in [1.29, 1.82) is 0 Å². The molecule has 0 saturated heterocycles. The Bertz CT molecular complexity index is 619. The van der Waals surface area contributed by atoms with Crippen LogP contribution < -0.4 is 15.4 Å². The van der Waals surface area contributed by atoms with Gasteiger partial charge in [0.2, 0.25) is 5.91 Å². The zero-order valence-electron chi connectivity index (χ0n) is 12.5. The third-order valence-electron chi connectivity index (χ3n) is 2.81. The summed E-state index contributed by atoms with van der Waals surface area (Å²) in [5.74, 6) is -3.13. The molecule has 2 amide bonds. The second-order valence-electron chi connectivity index (χ2n) is 4.69. The molecule has 0 aromatic heterocycles. The van der Waals surface area contributed by atoms with Crippen molar-refractivity contribution in [3.05, 3.63) is 29.8 Å². The van der Waals surface area contributed by atoms with Gasteiger partial charge in [0.05, 0.1) is 20.1 Å². The van der Waals surface area contributed by atoms with Gasteiger partial charge >= 0.3 is 12.1 Å². The number of methoxy groups -OCH3 is 1. The summed E-state index contributed by atoms with van der Waals surface area (Å²) in [7, 11) is 1.40. The monoisotopic (exact) mass is 348 g/mol. The average Bonchev–Trinajstić information content (AvgIpc) is 2.50. The van der Waals surface area contributed by atoms with Gasteiger partial charge in [0.15, 0.2) is 0 Å². The number of hydrogen-bond donors (Lipinski definition) is 3. The number of aliphatic carboxylic acids is 1. The van der Waals surface area contributed by atoms with Crippen molar-refractivity contribution < 1.29 is 37.4 Å². The van der Waals surface area contributed by atoms with Crippen LogP contribution in [0.2, 0.25) is 0 Å². The molecule has 0 bridgehead atoms. The van der Waals surface area contributed by atoms with Crippen LogP contribution >= 0.6 is 0 Å². The van der Waals surface area contributed by atoms with Crippen molar-refractivity contribution >= 4 is 17.8 Å². The SMILES string of the molecule is COc1cccc(C(=O)NCC(=O)NC(CC(F)(F)F)C(=O)O)c1. The molecule has 0 aliphatic carbocycles. The molecular weight excluding hydrogens is 333 g/mol. The summed E-state index contributed by atoms with van der Waals surface area (Å²) in [5.41, 5.74) is 0.173. The molecule has 1 rings (SSSR count). The predicted molar refractivity (Wildman–Crippen MR) is 75.6 cm³/mol. The van der Waals surface area contributed by atoms with Gasteiger partial charge in [0.1, 0.15) is 11.8 Å². The second kappa shape index (κ2) is 8.18. The number of hydrogen-bond acceptors (Lipinski definition) is 4. The highest BCUT2D eigenvalue weighted by molar-refractivity contribution is 5.97. The van der Waals surface area contributed by atoms with E-state index in [-0.39, 0.29) is 5.56 Å². The number of nitrogens with one attached hydrogen (secondary N) is 2.